The van der Waals surface area contributed by atoms with Gasteiger partial charge < -0.3 is 4.42 Å². The Labute approximate surface area is 357 Å². The number of rotatable bonds is 4. The maximum absolute atomic E-state index is 6.90. The van der Waals surface area contributed by atoms with Gasteiger partial charge in [-0.15, -0.1) is 0 Å². The molecule has 1 aromatic heterocycles. The van der Waals surface area contributed by atoms with E-state index in [2.05, 4.69) is 224 Å². The largest absolute Gasteiger partial charge is 0.456 e. The highest BCUT2D eigenvalue weighted by Gasteiger charge is 2.26. The Hall–Kier alpha value is -6.96. The normalized spacial score (nSPS) is 12.4. The molecule has 61 heavy (non-hydrogen) atoms. The van der Waals surface area contributed by atoms with Crippen LogP contribution in [0.1, 0.15) is 52.7 Å². The van der Waals surface area contributed by atoms with Gasteiger partial charge in [-0.05, 0) is 122 Å². The van der Waals surface area contributed by atoms with Gasteiger partial charge in [0.25, 0.3) is 0 Å². The van der Waals surface area contributed by atoms with Crippen LogP contribution in [0.2, 0.25) is 0 Å². The molecule has 0 N–H and O–H groups in total. The quantitative estimate of drug-likeness (QED) is 0.162. The summed E-state index contributed by atoms with van der Waals surface area (Å²) >= 11 is 0. The van der Waals surface area contributed by atoms with Crippen molar-refractivity contribution in [1.82, 2.24) is 0 Å². The third-order valence-corrected chi connectivity index (χ3v) is 12.9. The molecule has 0 aliphatic heterocycles. The maximum Gasteiger partial charge on any atom is 0.136 e. The highest BCUT2D eigenvalue weighted by Crippen LogP contribution is 2.51. The monoisotopic (exact) mass is 784 g/mol. The Bertz CT molecular complexity index is 3390. The van der Waals surface area contributed by atoms with Gasteiger partial charge in [0.1, 0.15) is 11.2 Å². The van der Waals surface area contributed by atoms with Crippen molar-refractivity contribution in [3.63, 3.8) is 0 Å². The van der Waals surface area contributed by atoms with Crippen LogP contribution < -0.4 is 0 Å². The Morgan fingerprint density at radius 2 is 0.623 bits per heavy atom. The first kappa shape index (κ1) is 37.1. The summed E-state index contributed by atoms with van der Waals surface area (Å²) in [5.74, 6) is 0. The molecule has 1 heterocycles. The van der Waals surface area contributed by atoms with Gasteiger partial charge in [0.15, 0.2) is 0 Å². The summed E-state index contributed by atoms with van der Waals surface area (Å²) in [6.07, 6.45) is 0. The fourth-order valence-corrected chi connectivity index (χ4v) is 9.99. The Balaban J connectivity index is 1.26. The van der Waals surface area contributed by atoms with Crippen LogP contribution in [0.4, 0.5) is 0 Å². The van der Waals surface area contributed by atoms with Crippen molar-refractivity contribution in [1.29, 1.82) is 0 Å². The molecule has 1 heteroatoms. The molecular formula is C60H48O. The van der Waals surface area contributed by atoms with Gasteiger partial charge in [-0.3, -0.25) is 0 Å². The lowest BCUT2D eigenvalue weighted by Crippen LogP contribution is -2.16. The summed E-state index contributed by atoms with van der Waals surface area (Å²) < 4.78 is 6.90. The van der Waals surface area contributed by atoms with Gasteiger partial charge in [0.2, 0.25) is 0 Å². The molecule has 0 aliphatic rings. The zero-order valence-corrected chi connectivity index (χ0v) is 35.7. The van der Waals surface area contributed by atoms with Gasteiger partial charge in [0, 0.05) is 10.8 Å². The fraction of sp³-hybridized carbons (Fsp3) is 0.133. The van der Waals surface area contributed by atoms with Crippen molar-refractivity contribution < 1.29 is 4.42 Å². The molecule has 0 spiro atoms. The predicted molar refractivity (Wildman–Crippen MR) is 263 cm³/mol. The van der Waals surface area contributed by atoms with Crippen LogP contribution >= 0.6 is 0 Å². The molecule has 0 unspecified atom stereocenters. The van der Waals surface area contributed by atoms with E-state index in [1.165, 1.54) is 98.7 Å². The second-order valence-electron chi connectivity index (χ2n) is 18.8. The van der Waals surface area contributed by atoms with Crippen LogP contribution in [0, 0.1) is 0 Å². The van der Waals surface area contributed by atoms with Gasteiger partial charge in [-0.25, -0.2) is 0 Å². The molecule has 0 saturated heterocycles. The van der Waals surface area contributed by atoms with E-state index in [1.54, 1.807) is 0 Å². The molecule has 0 bridgehead atoms. The standard InChI is InChI=1S/C60H48O/c1-59(2,3)39-34-38(35-40(36-39)60(4,5)6)54-43-24-12-16-28-47(43)56(48-29-17-13-25-44(48)54)50-31-19-33-52-58(50)57-49(30-18-32-51(57)61-52)55-45-26-14-10-22-41(45)53(37-20-8-7-9-21-37)42-23-11-15-27-46(42)55/h7-36H,1-6H3. The topological polar surface area (TPSA) is 13.1 Å². The van der Waals surface area contributed by atoms with Crippen LogP contribution in [-0.2, 0) is 10.8 Å². The summed E-state index contributed by atoms with van der Waals surface area (Å²) in [6, 6.07) is 67.3. The average molecular weight is 785 g/mol. The first-order valence-electron chi connectivity index (χ1n) is 21.6. The van der Waals surface area contributed by atoms with E-state index in [4.69, 9.17) is 4.42 Å². The fourth-order valence-electron chi connectivity index (χ4n) is 9.99. The summed E-state index contributed by atoms with van der Waals surface area (Å²) in [5, 5.41) is 12.2. The molecule has 0 fully saturated rings. The van der Waals surface area contributed by atoms with Crippen LogP contribution in [-0.4, -0.2) is 0 Å². The molecule has 11 rings (SSSR count). The highest BCUT2D eigenvalue weighted by atomic mass is 16.3. The zero-order chi connectivity index (χ0) is 41.6. The van der Waals surface area contributed by atoms with E-state index in [0.29, 0.717) is 0 Å². The van der Waals surface area contributed by atoms with Crippen molar-refractivity contribution in [2.75, 3.05) is 0 Å². The maximum atomic E-state index is 6.90. The summed E-state index contributed by atoms with van der Waals surface area (Å²) in [4.78, 5) is 0. The predicted octanol–water partition coefficient (Wildman–Crippen LogP) is 17.5. The minimum atomic E-state index is -0.00420. The van der Waals surface area contributed by atoms with E-state index < -0.39 is 0 Å². The molecule has 0 radical (unpaired) electrons. The molecule has 10 aromatic carbocycles. The molecule has 1 nitrogen and oxygen atoms in total. The summed E-state index contributed by atoms with van der Waals surface area (Å²) in [6.45, 7) is 13.9. The number of benzene rings is 10. The molecule has 294 valence electrons. The Kier molecular flexibility index (Phi) is 8.38. The van der Waals surface area contributed by atoms with Crippen molar-refractivity contribution in [3.05, 3.63) is 193 Å². The second kappa shape index (κ2) is 13.8. The molecule has 11 aromatic rings. The van der Waals surface area contributed by atoms with Crippen molar-refractivity contribution in [2.45, 2.75) is 52.4 Å². The first-order valence-corrected chi connectivity index (χ1v) is 21.6. The number of hydrogen-bond donors (Lipinski definition) is 0. The third-order valence-electron chi connectivity index (χ3n) is 12.9. The van der Waals surface area contributed by atoms with E-state index in [9.17, 15) is 0 Å². The number of furan rings is 1. The van der Waals surface area contributed by atoms with Crippen molar-refractivity contribution in [2.24, 2.45) is 0 Å². The van der Waals surface area contributed by atoms with Gasteiger partial charge in [-0.1, -0.05) is 211 Å². The second-order valence-corrected chi connectivity index (χ2v) is 18.8. The highest BCUT2D eigenvalue weighted by molar-refractivity contribution is 6.30. The molecule has 0 aliphatic carbocycles. The minimum absolute atomic E-state index is 0.00420. The van der Waals surface area contributed by atoms with Crippen molar-refractivity contribution >= 4 is 65.0 Å². The Morgan fingerprint density at radius 3 is 0.984 bits per heavy atom. The summed E-state index contributed by atoms with van der Waals surface area (Å²) in [7, 11) is 0. The lowest BCUT2D eigenvalue weighted by molar-refractivity contribution is 0.569. The Morgan fingerprint density at radius 1 is 0.295 bits per heavy atom. The van der Waals surface area contributed by atoms with Crippen LogP contribution in [0.25, 0.3) is 110 Å². The average Bonchev–Trinajstić information content (AvgIpc) is 3.66. The van der Waals surface area contributed by atoms with Crippen LogP contribution in [0.15, 0.2) is 186 Å². The molecule has 0 saturated carbocycles. The number of fused-ring (bicyclic) bond motifs is 7. The van der Waals surface area contributed by atoms with E-state index in [0.717, 1.165) is 21.9 Å². The minimum Gasteiger partial charge on any atom is -0.456 e. The molecule has 0 amide bonds. The lowest BCUT2D eigenvalue weighted by atomic mass is 9.77. The van der Waals surface area contributed by atoms with E-state index in [-0.39, 0.29) is 10.8 Å². The van der Waals surface area contributed by atoms with Crippen LogP contribution in [0.5, 0.6) is 0 Å². The van der Waals surface area contributed by atoms with Gasteiger partial charge >= 0.3 is 0 Å². The van der Waals surface area contributed by atoms with Crippen LogP contribution in [0.3, 0.4) is 0 Å². The smallest absolute Gasteiger partial charge is 0.136 e. The summed E-state index contributed by atoms with van der Waals surface area (Å²) in [5.41, 5.74) is 14.3. The number of hydrogen-bond acceptors (Lipinski definition) is 1. The van der Waals surface area contributed by atoms with E-state index >= 15 is 0 Å². The van der Waals surface area contributed by atoms with Crippen molar-refractivity contribution in [3.8, 4) is 44.5 Å². The molecule has 0 atom stereocenters. The zero-order valence-electron chi connectivity index (χ0n) is 35.7. The molecular weight excluding hydrogens is 737 g/mol. The SMILES string of the molecule is CC(C)(C)c1cc(-c2c3ccccc3c(-c3cccc4oc5cccc(-c6c7ccccc7c(-c7ccccc7)c7ccccc67)c5c34)c3ccccc23)cc(C(C)(C)C)c1. The third kappa shape index (κ3) is 5.90. The van der Waals surface area contributed by atoms with Gasteiger partial charge in [-0.2, -0.15) is 0 Å². The lowest BCUT2D eigenvalue weighted by Gasteiger charge is -2.27. The first-order chi connectivity index (χ1) is 29.6. The van der Waals surface area contributed by atoms with Gasteiger partial charge in [0.05, 0.1) is 0 Å². The van der Waals surface area contributed by atoms with E-state index in [1.807, 2.05) is 0 Å².